The lowest BCUT2D eigenvalue weighted by Crippen LogP contribution is -2.42. The molecule has 0 unspecified atom stereocenters. The predicted octanol–water partition coefficient (Wildman–Crippen LogP) is 4.65. The fraction of sp³-hybridized carbons (Fsp3) is 0.619. The molecule has 0 radical (unpaired) electrons. The van der Waals surface area contributed by atoms with Crippen molar-refractivity contribution in [2.45, 2.75) is 71.6 Å². The molecule has 11 heteroatoms. The van der Waals surface area contributed by atoms with E-state index < -0.39 is 17.3 Å². The summed E-state index contributed by atoms with van der Waals surface area (Å²) in [5, 5.41) is 10.3. The summed E-state index contributed by atoms with van der Waals surface area (Å²) in [5.74, 6) is 0.952. The van der Waals surface area contributed by atoms with E-state index in [4.69, 9.17) is 9.47 Å². The molecule has 1 aliphatic rings. The lowest BCUT2D eigenvalue weighted by molar-refractivity contribution is 0.0234. The van der Waals surface area contributed by atoms with Crippen molar-refractivity contribution in [2.24, 2.45) is 0 Å². The van der Waals surface area contributed by atoms with Crippen LogP contribution in [0.4, 0.5) is 21.2 Å². The molecule has 2 aromatic rings. The minimum absolute atomic E-state index is 0.0153. The van der Waals surface area contributed by atoms with Gasteiger partial charge in [0.2, 0.25) is 0 Å². The summed E-state index contributed by atoms with van der Waals surface area (Å²) in [6.07, 6.45) is 2.49. The maximum Gasteiger partial charge on any atom is 0.413 e. The van der Waals surface area contributed by atoms with E-state index in [1.165, 1.54) is 4.52 Å². The molecule has 3 heterocycles. The number of carbonyl (C=O) groups excluding carboxylic acids is 2. The molecule has 0 aromatic carbocycles. The van der Waals surface area contributed by atoms with Gasteiger partial charge in [-0.1, -0.05) is 0 Å². The first-order valence-electron chi connectivity index (χ1n) is 10.6. The van der Waals surface area contributed by atoms with E-state index in [9.17, 15) is 9.59 Å². The Hall–Kier alpha value is -2.56. The molecule has 0 saturated carbocycles. The van der Waals surface area contributed by atoms with Crippen LogP contribution in [0.15, 0.2) is 16.7 Å². The van der Waals surface area contributed by atoms with Gasteiger partial charge in [0.25, 0.3) is 0 Å². The molecule has 1 atom stereocenters. The Kier molecular flexibility index (Phi) is 6.87. The monoisotopic (exact) mass is 510 g/mol. The van der Waals surface area contributed by atoms with Crippen molar-refractivity contribution in [3.8, 4) is 0 Å². The number of halogens is 1. The Morgan fingerprint density at radius 3 is 2.53 bits per heavy atom. The molecule has 1 aliphatic heterocycles. The van der Waals surface area contributed by atoms with Crippen LogP contribution in [-0.2, 0) is 9.47 Å². The minimum Gasteiger partial charge on any atom is -0.444 e. The van der Waals surface area contributed by atoms with Crippen LogP contribution in [0.5, 0.6) is 0 Å². The molecule has 2 N–H and O–H groups in total. The number of fused-ring (bicyclic) bond motifs is 1. The van der Waals surface area contributed by atoms with Gasteiger partial charge in [-0.15, -0.1) is 0 Å². The Labute approximate surface area is 196 Å². The largest absolute Gasteiger partial charge is 0.444 e. The van der Waals surface area contributed by atoms with E-state index in [2.05, 4.69) is 36.6 Å². The third-order valence-corrected chi connectivity index (χ3v) is 5.14. The van der Waals surface area contributed by atoms with E-state index >= 15 is 0 Å². The Morgan fingerprint density at radius 2 is 1.88 bits per heavy atom. The van der Waals surface area contributed by atoms with Crippen LogP contribution >= 0.6 is 15.9 Å². The lowest BCUT2D eigenvalue weighted by atomic mass is 10.2. The van der Waals surface area contributed by atoms with Crippen molar-refractivity contribution >= 4 is 45.4 Å². The summed E-state index contributed by atoms with van der Waals surface area (Å²) < 4.78 is 13.1. The molecule has 0 bridgehead atoms. The summed E-state index contributed by atoms with van der Waals surface area (Å²) in [4.78, 5) is 31.2. The number of aromatic nitrogens is 3. The smallest absolute Gasteiger partial charge is 0.413 e. The second-order valence-electron chi connectivity index (χ2n) is 9.73. The van der Waals surface area contributed by atoms with Crippen LogP contribution in [0.1, 0.15) is 54.4 Å². The van der Waals surface area contributed by atoms with Crippen molar-refractivity contribution in [1.82, 2.24) is 19.5 Å². The fourth-order valence-corrected chi connectivity index (χ4v) is 3.70. The zero-order valence-corrected chi connectivity index (χ0v) is 20.9. The van der Waals surface area contributed by atoms with E-state index in [0.29, 0.717) is 34.8 Å². The first-order chi connectivity index (χ1) is 14.8. The fourth-order valence-electron chi connectivity index (χ4n) is 3.36. The van der Waals surface area contributed by atoms with Gasteiger partial charge < -0.3 is 19.7 Å². The topological polar surface area (TPSA) is 110 Å². The Bertz CT molecular complexity index is 995. The number of rotatable bonds is 4. The first-order valence-corrected chi connectivity index (χ1v) is 11.4. The summed E-state index contributed by atoms with van der Waals surface area (Å²) in [5.41, 5.74) is -0.632. The van der Waals surface area contributed by atoms with E-state index in [0.717, 1.165) is 12.8 Å². The predicted molar refractivity (Wildman–Crippen MR) is 125 cm³/mol. The molecular formula is C21H31BrN6O4. The Balaban J connectivity index is 1.75. The summed E-state index contributed by atoms with van der Waals surface area (Å²) in [7, 11) is 0. The van der Waals surface area contributed by atoms with Crippen molar-refractivity contribution < 1.29 is 19.1 Å². The molecule has 0 aliphatic carbocycles. The summed E-state index contributed by atoms with van der Waals surface area (Å²) in [6.45, 7) is 12.1. The molecule has 2 aromatic heterocycles. The molecule has 176 valence electrons. The van der Waals surface area contributed by atoms with E-state index in [1.54, 1.807) is 37.9 Å². The number of likely N-dealkylation sites (tertiary alicyclic amines) is 1. The van der Waals surface area contributed by atoms with Crippen LogP contribution in [-0.4, -0.2) is 62.0 Å². The van der Waals surface area contributed by atoms with Crippen molar-refractivity contribution in [3.05, 3.63) is 16.7 Å². The van der Waals surface area contributed by atoms with Gasteiger partial charge in [0.15, 0.2) is 5.65 Å². The number of amides is 2. The molecular weight excluding hydrogens is 480 g/mol. The van der Waals surface area contributed by atoms with Crippen LogP contribution in [0, 0.1) is 0 Å². The maximum absolute atomic E-state index is 12.5. The number of ether oxygens (including phenoxy) is 2. The highest BCUT2D eigenvalue weighted by atomic mass is 79.9. The van der Waals surface area contributed by atoms with Crippen LogP contribution in [0.25, 0.3) is 5.65 Å². The standard InChI is InChI=1S/C21H31BrN6O4/c1-20(2,3)31-18(29)26-16-10-15(25-17-14(22)12-24-28(16)17)23-11-13-8-7-9-27(13)19(30)32-21(4,5)6/h10,12-13H,7-9,11H2,1-6H3,(H,23,25)(H,26,29)/t13-/m0/s1. The third-order valence-electron chi connectivity index (χ3n) is 4.58. The molecule has 1 saturated heterocycles. The van der Waals surface area contributed by atoms with Gasteiger partial charge in [-0.05, 0) is 70.3 Å². The van der Waals surface area contributed by atoms with Gasteiger partial charge >= 0.3 is 12.2 Å². The van der Waals surface area contributed by atoms with Gasteiger partial charge in [-0.25, -0.2) is 14.6 Å². The average molecular weight is 511 g/mol. The highest BCUT2D eigenvalue weighted by Crippen LogP contribution is 2.25. The van der Waals surface area contributed by atoms with Gasteiger partial charge in [0.1, 0.15) is 22.8 Å². The van der Waals surface area contributed by atoms with Crippen LogP contribution in [0.3, 0.4) is 0 Å². The highest BCUT2D eigenvalue weighted by Gasteiger charge is 2.32. The second kappa shape index (κ2) is 9.13. The highest BCUT2D eigenvalue weighted by molar-refractivity contribution is 9.10. The van der Waals surface area contributed by atoms with Gasteiger partial charge in [-0.3, -0.25) is 5.32 Å². The van der Waals surface area contributed by atoms with E-state index in [-0.39, 0.29) is 12.1 Å². The third kappa shape index (κ3) is 6.24. The van der Waals surface area contributed by atoms with Crippen molar-refractivity contribution in [2.75, 3.05) is 23.7 Å². The minimum atomic E-state index is -0.629. The second-order valence-corrected chi connectivity index (χ2v) is 10.6. The Morgan fingerprint density at radius 1 is 1.19 bits per heavy atom. The molecule has 2 amide bonds. The van der Waals surface area contributed by atoms with Gasteiger partial charge in [-0.2, -0.15) is 9.61 Å². The SMILES string of the molecule is CC(C)(C)OC(=O)Nc1cc(NC[C@@H]2CCCN2C(=O)OC(C)(C)C)nc2c(Br)cnn12. The molecule has 3 rings (SSSR count). The number of nitrogens with one attached hydrogen (secondary N) is 2. The van der Waals surface area contributed by atoms with Gasteiger partial charge in [0.05, 0.1) is 16.7 Å². The number of nitrogens with zero attached hydrogens (tertiary/aromatic N) is 4. The van der Waals surface area contributed by atoms with Crippen molar-refractivity contribution in [3.63, 3.8) is 0 Å². The number of hydrogen-bond donors (Lipinski definition) is 2. The van der Waals surface area contributed by atoms with Crippen molar-refractivity contribution in [1.29, 1.82) is 0 Å². The normalized spacial score (nSPS) is 16.8. The number of hydrogen-bond acceptors (Lipinski definition) is 7. The maximum atomic E-state index is 12.5. The van der Waals surface area contributed by atoms with Crippen LogP contribution < -0.4 is 10.6 Å². The summed E-state index contributed by atoms with van der Waals surface area (Å²) >= 11 is 3.44. The first kappa shape index (κ1) is 24.1. The van der Waals surface area contributed by atoms with E-state index in [1.807, 2.05) is 20.8 Å². The zero-order chi connectivity index (χ0) is 23.7. The van der Waals surface area contributed by atoms with Crippen LogP contribution in [0.2, 0.25) is 0 Å². The molecule has 0 spiro atoms. The lowest BCUT2D eigenvalue weighted by Gasteiger charge is -2.28. The molecule has 10 nitrogen and oxygen atoms in total. The zero-order valence-electron chi connectivity index (χ0n) is 19.4. The number of anilines is 2. The quantitative estimate of drug-likeness (QED) is 0.615. The summed E-state index contributed by atoms with van der Waals surface area (Å²) in [6, 6.07) is 1.67. The molecule has 1 fully saturated rings. The number of carbonyl (C=O) groups is 2. The molecule has 32 heavy (non-hydrogen) atoms. The van der Waals surface area contributed by atoms with Gasteiger partial charge in [0, 0.05) is 19.2 Å². The average Bonchev–Trinajstić information content (AvgIpc) is 3.24.